The zero-order valence-electron chi connectivity index (χ0n) is 16.5. The SMILES string of the molecule is Cc1ccc(Cl)cc1N([C@H](C)C(=O)NCCSCc1ccccc1F)S(C)(=O)=O. The van der Waals surface area contributed by atoms with Crippen molar-refractivity contribution in [3.05, 3.63) is 64.4 Å². The molecule has 29 heavy (non-hydrogen) atoms. The summed E-state index contributed by atoms with van der Waals surface area (Å²) in [7, 11) is -3.71. The van der Waals surface area contributed by atoms with Gasteiger partial charge in [0.25, 0.3) is 0 Å². The normalized spacial score (nSPS) is 12.4. The fourth-order valence-electron chi connectivity index (χ4n) is 2.79. The Kier molecular flexibility index (Phi) is 8.36. The van der Waals surface area contributed by atoms with Crippen molar-refractivity contribution in [1.82, 2.24) is 5.32 Å². The van der Waals surface area contributed by atoms with E-state index in [4.69, 9.17) is 11.6 Å². The van der Waals surface area contributed by atoms with Crippen LogP contribution in [0.3, 0.4) is 0 Å². The lowest BCUT2D eigenvalue weighted by atomic mass is 10.2. The minimum atomic E-state index is -3.71. The Labute approximate surface area is 180 Å². The monoisotopic (exact) mass is 458 g/mol. The molecule has 1 N–H and O–H groups in total. The van der Waals surface area contributed by atoms with Crippen LogP contribution in [0.15, 0.2) is 42.5 Å². The average Bonchev–Trinajstić information content (AvgIpc) is 2.64. The van der Waals surface area contributed by atoms with Crippen LogP contribution in [0.5, 0.6) is 0 Å². The number of amides is 1. The number of hydrogen-bond acceptors (Lipinski definition) is 4. The Balaban J connectivity index is 1.97. The van der Waals surface area contributed by atoms with Gasteiger partial charge in [0.2, 0.25) is 15.9 Å². The molecule has 0 radical (unpaired) electrons. The molecule has 0 aliphatic rings. The summed E-state index contributed by atoms with van der Waals surface area (Å²) >= 11 is 7.51. The number of carbonyl (C=O) groups is 1. The van der Waals surface area contributed by atoms with Crippen molar-refractivity contribution in [3.8, 4) is 0 Å². The molecule has 2 aromatic carbocycles. The Morgan fingerprint density at radius 2 is 1.97 bits per heavy atom. The molecule has 0 aliphatic carbocycles. The molecule has 0 spiro atoms. The summed E-state index contributed by atoms with van der Waals surface area (Å²) < 4.78 is 39.4. The number of halogens is 2. The highest BCUT2D eigenvalue weighted by molar-refractivity contribution is 7.98. The highest BCUT2D eigenvalue weighted by atomic mass is 35.5. The van der Waals surface area contributed by atoms with Gasteiger partial charge in [-0.3, -0.25) is 9.10 Å². The van der Waals surface area contributed by atoms with E-state index in [9.17, 15) is 17.6 Å². The number of sulfonamides is 1. The van der Waals surface area contributed by atoms with Gasteiger partial charge in [0, 0.05) is 23.1 Å². The van der Waals surface area contributed by atoms with Gasteiger partial charge in [0.15, 0.2) is 0 Å². The Morgan fingerprint density at radius 3 is 2.62 bits per heavy atom. The van der Waals surface area contributed by atoms with Gasteiger partial charge in [-0.15, -0.1) is 0 Å². The van der Waals surface area contributed by atoms with Crippen LogP contribution in [0.1, 0.15) is 18.1 Å². The number of carbonyl (C=O) groups excluding carboxylic acids is 1. The van der Waals surface area contributed by atoms with Crippen molar-refractivity contribution in [2.45, 2.75) is 25.6 Å². The Morgan fingerprint density at radius 1 is 1.28 bits per heavy atom. The third-order valence-corrected chi connectivity index (χ3v) is 6.73. The lowest BCUT2D eigenvalue weighted by molar-refractivity contribution is -0.121. The van der Waals surface area contributed by atoms with Crippen molar-refractivity contribution < 1.29 is 17.6 Å². The van der Waals surface area contributed by atoms with E-state index in [0.717, 1.165) is 10.6 Å². The van der Waals surface area contributed by atoms with E-state index >= 15 is 0 Å². The van der Waals surface area contributed by atoms with Crippen molar-refractivity contribution >= 4 is 45.0 Å². The smallest absolute Gasteiger partial charge is 0.243 e. The summed E-state index contributed by atoms with van der Waals surface area (Å²) in [5.74, 6) is 0.400. The predicted molar refractivity (Wildman–Crippen MR) is 119 cm³/mol. The van der Waals surface area contributed by atoms with Crippen LogP contribution >= 0.6 is 23.4 Å². The largest absolute Gasteiger partial charge is 0.353 e. The van der Waals surface area contributed by atoms with Gasteiger partial charge >= 0.3 is 0 Å². The molecule has 0 saturated heterocycles. The van der Waals surface area contributed by atoms with E-state index in [-0.39, 0.29) is 5.82 Å². The summed E-state index contributed by atoms with van der Waals surface area (Å²) in [6.07, 6.45) is 1.06. The first-order chi connectivity index (χ1) is 13.6. The second-order valence-electron chi connectivity index (χ2n) is 6.60. The molecule has 0 heterocycles. The zero-order valence-corrected chi connectivity index (χ0v) is 18.9. The molecular weight excluding hydrogens is 435 g/mol. The van der Waals surface area contributed by atoms with Crippen molar-refractivity contribution in [2.75, 3.05) is 22.9 Å². The van der Waals surface area contributed by atoms with Gasteiger partial charge < -0.3 is 5.32 Å². The van der Waals surface area contributed by atoms with Gasteiger partial charge in [-0.1, -0.05) is 35.9 Å². The summed E-state index contributed by atoms with van der Waals surface area (Å²) in [4.78, 5) is 12.6. The number of anilines is 1. The standard InChI is InChI=1S/C20H24ClFN2O3S2/c1-14-8-9-17(21)12-19(14)24(29(3,26)27)15(2)20(25)23-10-11-28-13-16-6-4-5-7-18(16)22/h4-9,12,15H,10-11,13H2,1-3H3,(H,23,25)/t15-/m1/s1. The van der Waals surface area contributed by atoms with Crippen molar-refractivity contribution in [1.29, 1.82) is 0 Å². The Hall–Kier alpha value is -1.77. The van der Waals surface area contributed by atoms with Crippen LogP contribution in [0.4, 0.5) is 10.1 Å². The number of benzene rings is 2. The fourth-order valence-corrected chi connectivity index (χ4v) is 5.03. The molecule has 0 fully saturated rings. The van der Waals surface area contributed by atoms with E-state index in [2.05, 4.69) is 5.32 Å². The molecular formula is C20H24ClFN2O3S2. The topological polar surface area (TPSA) is 66.5 Å². The molecule has 0 saturated carbocycles. The number of nitrogens with one attached hydrogen (secondary N) is 1. The minimum Gasteiger partial charge on any atom is -0.353 e. The summed E-state index contributed by atoms with van der Waals surface area (Å²) in [5.41, 5.74) is 1.67. The third-order valence-electron chi connectivity index (χ3n) is 4.26. The van der Waals surface area contributed by atoms with Gasteiger partial charge in [0.1, 0.15) is 11.9 Å². The molecule has 158 valence electrons. The first kappa shape index (κ1) is 23.5. The second-order valence-corrected chi connectivity index (χ2v) is 10.0. The molecule has 0 bridgehead atoms. The molecule has 0 aromatic heterocycles. The maximum atomic E-state index is 13.6. The lowest BCUT2D eigenvalue weighted by Crippen LogP contribution is -2.48. The maximum absolute atomic E-state index is 13.6. The van der Waals surface area contributed by atoms with Gasteiger partial charge in [-0.2, -0.15) is 11.8 Å². The van der Waals surface area contributed by atoms with Crippen molar-refractivity contribution in [3.63, 3.8) is 0 Å². The van der Waals surface area contributed by atoms with Gasteiger partial charge in [-0.05, 0) is 43.2 Å². The number of hydrogen-bond donors (Lipinski definition) is 1. The number of rotatable bonds is 9. The third kappa shape index (κ3) is 6.62. The van der Waals surface area contributed by atoms with Gasteiger partial charge in [-0.25, -0.2) is 12.8 Å². The van der Waals surface area contributed by atoms with Crippen LogP contribution < -0.4 is 9.62 Å². The number of nitrogens with zero attached hydrogens (tertiary/aromatic N) is 1. The summed E-state index contributed by atoms with van der Waals surface area (Å²) in [6, 6.07) is 10.5. The minimum absolute atomic E-state index is 0.252. The van der Waals surface area contributed by atoms with Crippen LogP contribution in [0.2, 0.25) is 5.02 Å². The van der Waals surface area contributed by atoms with Crippen LogP contribution in [0.25, 0.3) is 0 Å². The molecule has 1 amide bonds. The quantitative estimate of drug-likeness (QED) is 0.577. The van der Waals surface area contributed by atoms with Crippen LogP contribution in [-0.4, -0.2) is 38.9 Å². The second kappa shape index (κ2) is 10.3. The highest BCUT2D eigenvalue weighted by Gasteiger charge is 2.30. The molecule has 0 aliphatic heterocycles. The molecule has 0 unspecified atom stereocenters. The molecule has 2 aromatic rings. The molecule has 1 atom stereocenters. The average molecular weight is 459 g/mol. The predicted octanol–water partition coefficient (Wildman–Crippen LogP) is 3.99. The van der Waals surface area contributed by atoms with E-state index in [1.54, 1.807) is 37.3 Å². The highest BCUT2D eigenvalue weighted by Crippen LogP contribution is 2.28. The van der Waals surface area contributed by atoms with E-state index in [0.29, 0.717) is 39.9 Å². The fraction of sp³-hybridized carbons (Fsp3) is 0.350. The number of aryl methyl sites for hydroxylation is 1. The Bertz CT molecular complexity index is 970. The van der Waals surface area contributed by atoms with E-state index in [1.807, 2.05) is 0 Å². The zero-order chi connectivity index (χ0) is 21.6. The lowest BCUT2D eigenvalue weighted by Gasteiger charge is -2.29. The summed E-state index contributed by atoms with van der Waals surface area (Å²) in [6.45, 7) is 3.63. The first-order valence-electron chi connectivity index (χ1n) is 8.95. The van der Waals surface area contributed by atoms with E-state index < -0.39 is 22.0 Å². The van der Waals surface area contributed by atoms with Gasteiger partial charge in [0.05, 0.1) is 11.9 Å². The number of thioether (sulfide) groups is 1. The summed E-state index contributed by atoms with van der Waals surface area (Å²) in [5, 5.41) is 3.13. The van der Waals surface area contributed by atoms with Crippen molar-refractivity contribution in [2.24, 2.45) is 0 Å². The molecule has 5 nitrogen and oxygen atoms in total. The first-order valence-corrected chi connectivity index (χ1v) is 12.3. The maximum Gasteiger partial charge on any atom is 0.243 e. The van der Waals surface area contributed by atoms with Crippen LogP contribution in [0, 0.1) is 12.7 Å². The van der Waals surface area contributed by atoms with Crippen LogP contribution in [-0.2, 0) is 20.6 Å². The molecule has 2 rings (SSSR count). The molecule has 9 heteroatoms. The van der Waals surface area contributed by atoms with E-state index in [1.165, 1.54) is 30.8 Å².